The van der Waals surface area contributed by atoms with E-state index in [1.165, 1.54) is 23.5 Å². The Kier molecular flexibility index (Phi) is 6.67. The lowest BCUT2D eigenvalue weighted by atomic mass is 10.00. The molecule has 2 aromatic rings. The minimum absolute atomic E-state index is 0.000421. The van der Waals surface area contributed by atoms with Crippen molar-refractivity contribution in [3.05, 3.63) is 29.3 Å². The number of phenolic OH excluding ortho intramolecular Hbond substituents is 1. The number of hydrogen-bond acceptors (Lipinski definition) is 8. The van der Waals surface area contributed by atoms with Gasteiger partial charge in [0.05, 0.1) is 6.61 Å². The average molecular weight is 414 g/mol. The molecule has 0 bridgehead atoms. The minimum Gasteiger partial charge on any atom is -0.504 e. The molecule has 1 fully saturated rings. The van der Waals surface area contributed by atoms with Gasteiger partial charge < -0.3 is 14.7 Å². The molecule has 0 atom stereocenters. The van der Waals surface area contributed by atoms with Crippen molar-refractivity contribution >= 4 is 33.6 Å². The van der Waals surface area contributed by atoms with E-state index in [1.807, 2.05) is 6.07 Å². The number of aromatic hydroxyl groups is 1. The van der Waals surface area contributed by atoms with Gasteiger partial charge in [-0.15, -0.1) is 10.2 Å². The third-order valence-corrected chi connectivity index (χ3v) is 5.55. The molecule has 2 heterocycles. The van der Waals surface area contributed by atoms with Crippen LogP contribution in [0.15, 0.2) is 23.8 Å². The second kappa shape index (κ2) is 9.39. The Hall–Kier alpha value is -3.12. The zero-order chi connectivity index (χ0) is 20.8. The van der Waals surface area contributed by atoms with Crippen molar-refractivity contribution in [2.24, 2.45) is 5.92 Å². The van der Waals surface area contributed by atoms with E-state index in [9.17, 15) is 15.2 Å². The number of carbonyl (C=O) groups is 1. The Balaban J connectivity index is 1.70. The van der Waals surface area contributed by atoms with E-state index in [0.717, 1.165) is 31.1 Å². The largest absolute Gasteiger partial charge is 0.504 e. The maximum atomic E-state index is 12.5. The number of nitrogens with one attached hydrogen (secondary N) is 1. The van der Waals surface area contributed by atoms with Crippen LogP contribution in [-0.4, -0.2) is 40.9 Å². The third-order valence-electron chi connectivity index (χ3n) is 4.65. The van der Waals surface area contributed by atoms with Gasteiger partial charge in [-0.25, -0.2) is 0 Å². The standard InChI is InChI=1S/C20H23N5O3S/c1-3-28-17-11-14(4-5-16(17)26)10-15(12-21)18(27)22-19-23-24-20(29-19)25-8-6-13(2)7-9-25/h4-5,10-11,13,26H,3,6-9H2,1-2H3,(H,22,23,27)/b15-10-. The smallest absolute Gasteiger partial charge is 0.268 e. The van der Waals surface area contributed by atoms with Crippen LogP contribution in [0.1, 0.15) is 32.3 Å². The zero-order valence-corrected chi connectivity index (χ0v) is 17.2. The Bertz CT molecular complexity index is 942. The molecule has 0 saturated carbocycles. The van der Waals surface area contributed by atoms with Crippen LogP contribution in [0.2, 0.25) is 0 Å². The molecule has 8 nitrogen and oxygen atoms in total. The summed E-state index contributed by atoms with van der Waals surface area (Å²) in [7, 11) is 0. The first-order valence-electron chi connectivity index (χ1n) is 9.47. The number of nitriles is 1. The lowest BCUT2D eigenvalue weighted by Gasteiger charge is -2.29. The number of rotatable bonds is 6. The van der Waals surface area contributed by atoms with Crippen molar-refractivity contribution in [1.82, 2.24) is 10.2 Å². The normalized spacial score (nSPS) is 15.1. The number of phenols is 1. The molecule has 1 aliphatic rings. The van der Waals surface area contributed by atoms with Crippen molar-refractivity contribution in [3.63, 3.8) is 0 Å². The number of ether oxygens (including phenoxy) is 1. The van der Waals surface area contributed by atoms with E-state index < -0.39 is 5.91 Å². The van der Waals surface area contributed by atoms with Gasteiger partial charge >= 0.3 is 0 Å². The second-order valence-electron chi connectivity index (χ2n) is 6.84. The molecule has 3 rings (SSSR count). The van der Waals surface area contributed by atoms with Crippen LogP contribution < -0.4 is 15.0 Å². The van der Waals surface area contributed by atoms with Gasteiger partial charge in [0, 0.05) is 13.1 Å². The van der Waals surface area contributed by atoms with Crippen LogP contribution >= 0.6 is 11.3 Å². The van der Waals surface area contributed by atoms with Crippen molar-refractivity contribution < 1.29 is 14.6 Å². The molecule has 2 N–H and O–H groups in total. The third kappa shape index (κ3) is 5.23. The van der Waals surface area contributed by atoms with E-state index in [4.69, 9.17) is 4.74 Å². The van der Waals surface area contributed by atoms with Crippen LogP contribution in [0.4, 0.5) is 10.3 Å². The number of aromatic nitrogens is 2. The van der Waals surface area contributed by atoms with Gasteiger partial charge in [-0.05, 0) is 49.5 Å². The molecule has 9 heteroatoms. The zero-order valence-electron chi connectivity index (χ0n) is 16.4. The van der Waals surface area contributed by atoms with Gasteiger partial charge in [0.15, 0.2) is 11.5 Å². The summed E-state index contributed by atoms with van der Waals surface area (Å²) in [4.78, 5) is 14.7. The molecule has 152 valence electrons. The summed E-state index contributed by atoms with van der Waals surface area (Å²) >= 11 is 1.30. The molecule has 0 radical (unpaired) electrons. The molecule has 1 aromatic heterocycles. The lowest BCUT2D eigenvalue weighted by Crippen LogP contribution is -2.32. The summed E-state index contributed by atoms with van der Waals surface area (Å²) in [5.41, 5.74) is 0.486. The van der Waals surface area contributed by atoms with Gasteiger partial charge in [-0.2, -0.15) is 5.26 Å². The Morgan fingerprint density at radius 1 is 1.45 bits per heavy atom. The lowest BCUT2D eigenvalue weighted by molar-refractivity contribution is -0.112. The molecule has 1 amide bonds. The Labute approximate surface area is 173 Å². The number of amides is 1. The molecule has 1 saturated heterocycles. The monoisotopic (exact) mass is 413 g/mol. The number of nitrogens with zero attached hydrogens (tertiary/aromatic N) is 4. The Morgan fingerprint density at radius 2 is 2.21 bits per heavy atom. The van der Waals surface area contributed by atoms with E-state index >= 15 is 0 Å². The van der Waals surface area contributed by atoms with Crippen LogP contribution in [0.5, 0.6) is 11.5 Å². The fourth-order valence-corrected chi connectivity index (χ4v) is 3.76. The summed E-state index contributed by atoms with van der Waals surface area (Å²) in [6, 6.07) is 6.54. The molecular weight excluding hydrogens is 390 g/mol. The molecule has 1 aromatic carbocycles. The first kappa shape index (κ1) is 20.6. The number of benzene rings is 1. The van der Waals surface area contributed by atoms with E-state index in [-0.39, 0.29) is 11.3 Å². The number of carbonyl (C=O) groups excluding carboxylic acids is 1. The first-order chi connectivity index (χ1) is 14.0. The fraction of sp³-hybridized carbons (Fsp3) is 0.400. The van der Waals surface area contributed by atoms with Crippen LogP contribution in [-0.2, 0) is 4.79 Å². The Morgan fingerprint density at radius 3 is 2.90 bits per heavy atom. The summed E-state index contributed by atoms with van der Waals surface area (Å²) < 4.78 is 5.33. The number of hydrogen-bond donors (Lipinski definition) is 2. The van der Waals surface area contributed by atoms with Crippen LogP contribution in [0, 0.1) is 17.2 Å². The van der Waals surface area contributed by atoms with E-state index in [2.05, 4.69) is 27.3 Å². The predicted octanol–water partition coefficient (Wildman–Crippen LogP) is 3.42. The van der Waals surface area contributed by atoms with Crippen LogP contribution in [0.25, 0.3) is 6.08 Å². The quantitative estimate of drug-likeness (QED) is 0.551. The second-order valence-corrected chi connectivity index (χ2v) is 7.80. The minimum atomic E-state index is -0.562. The van der Waals surface area contributed by atoms with E-state index in [1.54, 1.807) is 19.1 Å². The van der Waals surface area contributed by atoms with Crippen molar-refractivity contribution in [3.8, 4) is 17.6 Å². The molecule has 0 aliphatic carbocycles. The molecule has 0 unspecified atom stereocenters. The maximum Gasteiger partial charge on any atom is 0.268 e. The number of piperidine rings is 1. The highest BCUT2D eigenvalue weighted by atomic mass is 32.1. The fourth-order valence-electron chi connectivity index (χ4n) is 2.96. The van der Waals surface area contributed by atoms with Crippen LogP contribution in [0.3, 0.4) is 0 Å². The summed E-state index contributed by atoms with van der Waals surface area (Å²) in [5, 5.41) is 31.1. The number of anilines is 2. The highest BCUT2D eigenvalue weighted by Crippen LogP contribution is 2.29. The van der Waals surface area contributed by atoms with Crippen molar-refractivity contribution in [2.45, 2.75) is 26.7 Å². The van der Waals surface area contributed by atoms with E-state index in [0.29, 0.717) is 29.0 Å². The topological polar surface area (TPSA) is 111 Å². The molecule has 0 spiro atoms. The summed E-state index contributed by atoms with van der Waals surface area (Å²) in [5.74, 6) is 0.447. The molecule has 1 aliphatic heterocycles. The van der Waals surface area contributed by atoms with Gasteiger partial charge in [0.25, 0.3) is 5.91 Å². The highest BCUT2D eigenvalue weighted by Gasteiger charge is 2.20. The van der Waals surface area contributed by atoms with Crippen molar-refractivity contribution in [1.29, 1.82) is 5.26 Å². The van der Waals surface area contributed by atoms with Gasteiger partial charge in [0.1, 0.15) is 11.6 Å². The van der Waals surface area contributed by atoms with Crippen molar-refractivity contribution in [2.75, 3.05) is 29.9 Å². The SMILES string of the molecule is CCOc1cc(/C=C(/C#N)C(=O)Nc2nnc(N3CCC(C)CC3)s2)ccc1O. The summed E-state index contributed by atoms with van der Waals surface area (Å²) in [6.07, 6.45) is 3.66. The molecular formula is C20H23N5O3S. The first-order valence-corrected chi connectivity index (χ1v) is 10.3. The van der Waals surface area contributed by atoms with Gasteiger partial charge in [-0.3, -0.25) is 10.1 Å². The molecule has 29 heavy (non-hydrogen) atoms. The average Bonchev–Trinajstić information content (AvgIpc) is 3.17. The van der Waals surface area contributed by atoms with Gasteiger partial charge in [-0.1, -0.05) is 24.3 Å². The predicted molar refractivity (Wildman–Crippen MR) is 112 cm³/mol. The van der Waals surface area contributed by atoms with Gasteiger partial charge in [0.2, 0.25) is 10.3 Å². The highest BCUT2D eigenvalue weighted by molar-refractivity contribution is 7.19. The summed E-state index contributed by atoms with van der Waals surface area (Å²) in [6.45, 7) is 6.29. The maximum absolute atomic E-state index is 12.5.